The van der Waals surface area contributed by atoms with Crippen molar-refractivity contribution in [3.8, 4) is 0 Å². The molecular weight excluding hydrogens is 378 g/mol. The molecule has 3 rings (SSSR count). The summed E-state index contributed by atoms with van der Waals surface area (Å²) < 4.78 is 26.5. The highest BCUT2D eigenvalue weighted by Gasteiger charge is 2.34. The summed E-state index contributed by atoms with van der Waals surface area (Å²) >= 11 is 0. The summed E-state index contributed by atoms with van der Waals surface area (Å²) in [5, 5.41) is 8.82. The second kappa shape index (κ2) is 8.59. The van der Waals surface area contributed by atoms with Gasteiger partial charge in [0.1, 0.15) is 11.5 Å². The van der Waals surface area contributed by atoms with Gasteiger partial charge in [-0.2, -0.15) is 4.98 Å². The topological polar surface area (TPSA) is 82.2 Å². The lowest BCUT2D eigenvalue weighted by Gasteiger charge is -2.38. The first-order valence-electron chi connectivity index (χ1n) is 9.61. The largest absolute Gasteiger partial charge is 0.362 e. The van der Waals surface area contributed by atoms with E-state index >= 15 is 0 Å². The van der Waals surface area contributed by atoms with E-state index in [2.05, 4.69) is 25.9 Å². The van der Waals surface area contributed by atoms with Crippen LogP contribution in [0.1, 0.15) is 37.7 Å². The zero-order valence-electron chi connectivity index (χ0n) is 16.9. The summed E-state index contributed by atoms with van der Waals surface area (Å²) in [5.41, 5.74) is 0.399. The molecule has 2 aromatic rings. The van der Waals surface area contributed by atoms with Crippen molar-refractivity contribution in [2.24, 2.45) is 0 Å². The zero-order valence-corrected chi connectivity index (χ0v) is 16.9. The molecule has 3 N–H and O–H groups in total. The molecule has 29 heavy (non-hydrogen) atoms. The number of aromatic nitrogens is 2. The van der Waals surface area contributed by atoms with E-state index in [9.17, 15) is 13.6 Å². The van der Waals surface area contributed by atoms with Crippen LogP contribution in [0.4, 0.5) is 31.0 Å². The fourth-order valence-corrected chi connectivity index (χ4v) is 3.55. The van der Waals surface area contributed by atoms with Gasteiger partial charge in [0.2, 0.25) is 5.95 Å². The molecule has 0 bridgehead atoms. The van der Waals surface area contributed by atoms with Crippen LogP contribution >= 0.6 is 0 Å². The lowest BCUT2D eigenvalue weighted by molar-refractivity contribution is 0.224. The Bertz CT molecular complexity index is 883. The number of hydrogen-bond donors (Lipinski definition) is 3. The molecule has 1 saturated carbocycles. The molecule has 9 heteroatoms. The molecular formula is C20H26F2N6O. The number of amides is 2. The molecule has 0 spiro atoms. The van der Waals surface area contributed by atoms with Gasteiger partial charge in [-0.1, -0.05) is 6.42 Å². The van der Waals surface area contributed by atoms with Gasteiger partial charge in [0.05, 0.1) is 0 Å². The molecule has 156 valence electrons. The van der Waals surface area contributed by atoms with Gasteiger partial charge in [0.25, 0.3) is 0 Å². The Morgan fingerprint density at radius 3 is 2.52 bits per heavy atom. The summed E-state index contributed by atoms with van der Waals surface area (Å²) in [7, 11) is 3.81. The number of hydrogen-bond acceptors (Lipinski definition) is 5. The van der Waals surface area contributed by atoms with Gasteiger partial charge in [-0.15, -0.1) is 0 Å². The average Bonchev–Trinajstić information content (AvgIpc) is 2.66. The quantitative estimate of drug-likeness (QED) is 0.656. The number of rotatable bonds is 5. The Morgan fingerprint density at radius 2 is 1.86 bits per heavy atom. The van der Waals surface area contributed by atoms with Crippen molar-refractivity contribution in [2.45, 2.75) is 44.7 Å². The maximum absolute atomic E-state index is 13.4. The molecule has 1 aromatic heterocycles. The van der Waals surface area contributed by atoms with Crippen LogP contribution in [0.25, 0.3) is 0 Å². The van der Waals surface area contributed by atoms with Crippen molar-refractivity contribution in [2.75, 3.05) is 29.6 Å². The minimum atomic E-state index is -1.02. The molecule has 0 aliphatic heterocycles. The van der Waals surface area contributed by atoms with Crippen LogP contribution < -0.4 is 20.9 Å². The smallest absolute Gasteiger partial charge is 0.321 e. The first-order valence-corrected chi connectivity index (χ1v) is 9.61. The number of urea groups is 1. The highest BCUT2D eigenvalue weighted by atomic mass is 19.2. The Hall–Kier alpha value is -2.97. The predicted octanol–water partition coefficient (Wildman–Crippen LogP) is 4.02. The monoisotopic (exact) mass is 404 g/mol. The van der Waals surface area contributed by atoms with Gasteiger partial charge in [-0.25, -0.2) is 18.6 Å². The first-order chi connectivity index (χ1) is 13.8. The van der Waals surface area contributed by atoms with Gasteiger partial charge in [0, 0.05) is 37.6 Å². The van der Waals surface area contributed by atoms with Gasteiger partial charge in [0.15, 0.2) is 11.6 Å². The van der Waals surface area contributed by atoms with Crippen LogP contribution in [-0.4, -0.2) is 35.8 Å². The SMILES string of the molecule is Cc1cnc(NC2(NC(=O)Nc3ccc(F)c(F)c3)CCCCC2)nc1N(C)C. The van der Waals surface area contributed by atoms with Gasteiger partial charge < -0.3 is 20.9 Å². The molecule has 0 atom stereocenters. The van der Waals surface area contributed by atoms with E-state index in [0.29, 0.717) is 18.8 Å². The fourth-order valence-electron chi connectivity index (χ4n) is 3.55. The fraction of sp³-hybridized carbons (Fsp3) is 0.450. The minimum Gasteiger partial charge on any atom is -0.362 e. The van der Waals surface area contributed by atoms with Crippen LogP contribution in [0.3, 0.4) is 0 Å². The second-order valence-corrected chi connectivity index (χ2v) is 7.57. The number of aryl methyl sites for hydroxylation is 1. The molecule has 1 heterocycles. The Labute approximate surface area is 168 Å². The van der Waals surface area contributed by atoms with E-state index < -0.39 is 23.3 Å². The summed E-state index contributed by atoms with van der Waals surface area (Å²) in [6.07, 6.45) is 6.09. The minimum absolute atomic E-state index is 0.175. The van der Waals surface area contributed by atoms with Crippen molar-refractivity contribution >= 4 is 23.5 Å². The highest BCUT2D eigenvalue weighted by Crippen LogP contribution is 2.29. The highest BCUT2D eigenvalue weighted by molar-refractivity contribution is 5.90. The number of anilines is 3. The van der Waals surface area contributed by atoms with Crippen LogP contribution in [-0.2, 0) is 0 Å². The third-order valence-electron chi connectivity index (χ3n) is 4.96. The number of carbonyl (C=O) groups excluding carboxylic acids is 1. The van der Waals surface area contributed by atoms with Crippen LogP contribution in [0, 0.1) is 18.6 Å². The summed E-state index contributed by atoms with van der Waals surface area (Å²) in [6.45, 7) is 1.93. The summed E-state index contributed by atoms with van der Waals surface area (Å²) in [6, 6.07) is 2.72. The molecule has 1 aromatic carbocycles. The molecule has 7 nitrogen and oxygen atoms in total. The van der Waals surface area contributed by atoms with E-state index in [1.807, 2.05) is 25.9 Å². The zero-order chi connectivity index (χ0) is 21.0. The van der Waals surface area contributed by atoms with Crippen LogP contribution in [0.5, 0.6) is 0 Å². The number of nitrogens with zero attached hydrogens (tertiary/aromatic N) is 3. The van der Waals surface area contributed by atoms with Crippen LogP contribution in [0.15, 0.2) is 24.4 Å². The number of benzene rings is 1. The van der Waals surface area contributed by atoms with Crippen LogP contribution in [0.2, 0.25) is 0 Å². The molecule has 1 fully saturated rings. The summed E-state index contributed by atoms with van der Waals surface area (Å²) in [5.74, 6) is -0.763. The third kappa shape index (κ3) is 5.10. The molecule has 0 radical (unpaired) electrons. The van der Waals surface area contributed by atoms with Crippen molar-refractivity contribution in [1.82, 2.24) is 15.3 Å². The van der Waals surface area contributed by atoms with Crippen molar-refractivity contribution in [1.29, 1.82) is 0 Å². The maximum Gasteiger partial charge on any atom is 0.321 e. The standard InChI is InChI=1S/C20H26F2N6O/c1-13-12-23-18(25-17(13)28(2)3)26-20(9-5-4-6-10-20)27-19(29)24-14-7-8-15(21)16(22)11-14/h7-8,11-12H,4-6,9-10H2,1-3H3,(H,23,25,26)(H2,24,27,29). The van der Waals surface area contributed by atoms with Gasteiger partial charge >= 0.3 is 6.03 Å². The molecule has 1 aliphatic carbocycles. The average molecular weight is 404 g/mol. The lowest BCUT2D eigenvalue weighted by Crippen LogP contribution is -2.56. The summed E-state index contributed by atoms with van der Waals surface area (Å²) in [4.78, 5) is 23.4. The van der Waals surface area contributed by atoms with E-state index in [0.717, 1.165) is 42.8 Å². The Morgan fingerprint density at radius 1 is 1.14 bits per heavy atom. The molecule has 0 saturated heterocycles. The number of carbonyl (C=O) groups is 1. The van der Waals surface area contributed by atoms with Crippen molar-refractivity contribution < 1.29 is 13.6 Å². The first kappa shape index (κ1) is 20.8. The Balaban J connectivity index is 1.77. The number of nitrogens with one attached hydrogen (secondary N) is 3. The predicted molar refractivity (Wildman–Crippen MR) is 109 cm³/mol. The number of halogens is 2. The maximum atomic E-state index is 13.4. The van der Waals surface area contributed by atoms with E-state index in [1.54, 1.807) is 6.20 Å². The van der Waals surface area contributed by atoms with E-state index in [4.69, 9.17) is 0 Å². The van der Waals surface area contributed by atoms with Gasteiger partial charge in [-0.3, -0.25) is 0 Å². The molecule has 0 unspecified atom stereocenters. The lowest BCUT2D eigenvalue weighted by atomic mass is 9.89. The van der Waals surface area contributed by atoms with Gasteiger partial charge in [-0.05, 0) is 44.7 Å². The normalized spacial score (nSPS) is 15.5. The van der Waals surface area contributed by atoms with Crippen molar-refractivity contribution in [3.05, 3.63) is 41.6 Å². The van der Waals surface area contributed by atoms with E-state index in [1.165, 1.54) is 6.07 Å². The Kier molecular flexibility index (Phi) is 6.14. The van der Waals surface area contributed by atoms with Crippen molar-refractivity contribution in [3.63, 3.8) is 0 Å². The third-order valence-corrected chi connectivity index (χ3v) is 4.96. The molecule has 1 aliphatic rings. The molecule has 2 amide bonds. The van der Waals surface area contributed by atoms with E-state index in [-0.39, 0.29) is 5.69 Å². The second-order valence-electron chi connectivity index (χ2n) is 7.57.